The van der Waals surface area contributed by atoms with Crippen LogP contribution < -0.4 is 15.4 Å². The molecule has 0 aliphatic carbocycles. The predicted molar refractivity (Wildman–Crippen MR) is 105 cm³/mol. The van der Waals surface area contributed by atoms with E-state index in [9.17, 15) is 9.59 Å². The first-order chi connectivity index (χ1) is 13.5. The second-order valence-corrected chi connectivity index (χ2v) is 7.08. The van der Waals surface area contributed by atoms with Crippen LogP contribution in [0.25, 0.3) is 0 Å². The molecule has 2 amide bonds. The van der Waals surface area contributed by atoms with Crippen molar-refractivity contribution in [2.75, 3.05) is 20.2 Å². The number of carbonyl (C=O) groups excluding carboxylic acids is 2. The number of amides is 2. The number of aromatic nitrogens is 2. The molecule has 8 nitrogen and oxygen atoms in total. The van der Waals surface area contributed by atoms with Gasteiger partial charge in [-0.05, 0) is 24.1 Å². The maximum Gasteiger partial charge on any atom is 0.237 e. The highest BCUT2D eigenvalue weighted by Crippen LogP contribution is 2.21. The third-order valence-electron chi connectivity index (χ3n) is 4.91. The summed E-state index contributed by atoms with van der Waals surface area (Å²) >= 11 is 0. The monoisotopic (exact) mass is 385 g/mol. The van der Waals surface area contributed by atoms with Crippen molar-refractivity contribution in [3.05, 3.63) is 47.3 Å². The standard InChI is InChI=1S/C20H27N5O3/c1-14-8-15(4-5-18(14)28-3)13-25-7-6-21-20(27)17(25)9-19(26)22-10-16-11-23-24(2)12-16/h4-5,8,11-12,17H,6-7,9-10,13H2,1-3H3,(H,21,27)(H,22,26). The summed E-state index contributed by atoms with van der Waals surface area (Å²) in [6.45, 7) is 4.30. The Morgan fingerprint density at radius 3 is 2.89 bits per heavy atom. The predicted octanol–water partition coefficient (Wildman–Crippen LogP) is 0.744. The van der Waals surface area contributed by atoms with Crippen LogP contribution >= 0.6 is 0 Å². The van der Waals surface area contributed by atoms with Crippen LogP contribution in [0.5, 0.6) is 5.75 Å². The molecule has 2 heterocycles. The maximum atomic E-state index is 12.4. The summed E-state index contributed by atoms with van der Waals surface area (Å²) in [5, 5.41) is 9.82. The van der Waals surface area contributed by atoms with Crippen molar-refractivity contribution in [1.29, 1.82) is 0 Å². The fraction of sp³-hybridized carbons (Fsp3) is 0.450. The lowest BCUT2D eigenvalue weighted by Crippen LogP contribution is -2.56. The zero-order valence-corrected chi connectivity index (χ0v) is 16.6. The lowest BCUT2D eigenvalue weighted by Gasteiger charge is -2.34. The fourth-order valence-corrected chi connectivity index (χ4v) is 3.46. The molecule has 28 heavy (non-hydrogen) atoms. The van der Waals surface area contributed by atoms with Crippen molar-refractivity contribution in [2.24, 2.45) is 7.05 Å². The minimum absolute atomic E-state index is 0.104. The first kappa shape index (κ1) is 19.9. The van der Waals surface area contributed by atoms with E-state index in [4.69, 9.17) is 4.74 Å². The Bertz CT molecular complexity index is 848. The fourth-order valence-electron chi connectivity index (χ4n) is 3.46. The lowest BCUT2D eigenvalue weighted by molar-refractivity contribution is -0.134. The molecule has 1 atom stereocenters. The highest BCUT2D eigenvalue weighted by Gasteiger charge is 2.31. The summed E-state index contributed by atoms with van der Waals surface area (Å²) in [7, 11) is 3.48. The number of carbonyl (C=O) groups is 2. The van der Waals surface area contributed by atoms with Crippen LogP contribution in [0.4, 0.5) is 0 Å². The van der Waals surface area contributed by atoms with Crippen molar-refractivity contribution in [3.8, 4) is 5.75 Å². The van der Waals surface area contributed by atoms with Gasteiger partial charge in [0.2, 0.25) is 11.8 Å². The molecule has 1 aromatic carbocycles. The quantitative estimate of drug-likeness (QED) is 0.734. The van der Waals surface area contributed by atoms with Gasteiger partial charge in [-0.3, -0.25) is 19.2 Å². The largest absolute Gasteiger partial charge is 0.496 e. The number of benzene rings is 1. The second-order valence-electron chi connectivity index (χ2n) is 7.08. The third-order valence-corrected chi connectivity index (χ3v) is 4.91. The highest BCUT2D eigenvalue weighted by atomic mass is 16.5. The van der Waals surface area contributed by atoms with E-state index in [1.807, 2.05) is 32.3 Å². The molecule has 1 aliphatic rings. The number of ether oxygens (including phenoxy) is 1. The molecular formula is C20H27N5O3. The number of hydrogen-bond acceptors (Lipinski definition) is 5. The van der Waals surface area contributed by atoms with Crippen molar-refractivity contribution in [2.45, 2.75) is 32.5 Å². The minimum Gasteiger partial charge on any atom is -0.496 e. The van der Waals surface area contributed by atoms with E-state index in [0.717, 1.165) is 22.4 Å². The van der Waals surface area contributed by atoms with E-state index in [-0.39, 0.29) is 18.2 Å². The van der Waals surface area contributed by atoms with Crippen molar-refractivity contribution in [1.82, 2.24) is 25.3 Å². The molecule has 2 aromatic rings. The molecule has 0 bridgehead atoms. The average molecular weight is 385 g/mol. The van der Waals surface area contributed by atoms with Gasteiger partial charge in [0.05, 0.1) is 25.8 Å². The van der Waals surface area contributed by atoms with Crippen molar-refractivity contribution < 1.29 is 14.3 Å². The number of rotatable bonds is 7. The van der Waals surface area contributed by atoms with Gasteiger partial charge in [-0.15, -0.1) is 0 Å². The van der Waals surface area contributed by atoms with Gasteiger partial charge in [-0.2, -0.15) is 5.10 Å². The lowest BCUT2D eigenvalue weighted by atomic mass is 10.1. The molecule has 1 aromatic heterocycles. The smallest absolute Gasteiger partial charge is 0.237 e. The molecule has 0 spiro atoms. The van der Waals surface area contributed by atoms with Gasteiger partial charge < -0.3 is 15.4 Å². The molecule has 1 unspecified atom stereocenters. The van der Waals surface area contributed by atoms with Crippen LogP contribution in [0.2, 0.25) is 0 Å². The second kappa shape index (κ2) is 8.88. The Morgan fingerprint density at radius 1 is 1.39 bits per heavy atom. The summed E-state index contributed by atoms with van der Waals surface area (Å²) < 4.78 is 7.00. The van der Waals surface area contributed by atoms with Crippen LogP contribution in [0.1, 0.15) is 23.1 Å². The molecule has 3 rings (SSSR count). The Hall–Kier alpha value is -2.87. The van der Waals surface area contributed by atoms with Crippen LogP contribution in [0.15, 0.2) is 30.6 Å². The zero-order valence-electron chi connectivity index (χ0n) is 16.6. The summed E-state index contributed by atoms with van der Waals surface area (Å²) in [4.78, 5) is 26.9. The summed E-state index contributed by atoms with van der Waals surface area (Å²) in [5.74, 6) is 0.585. The van der Waals surface area contributed by atoms with Crippen LogP contribution in [-0.2, 0) is 29.7 Å². The maximum absolute atomic E-state index is 12.4. The Balaban J connectivity index is 1.62. The highest BCUT2D eigenvalue weighted by molar-refractivity contribution is 5.88. The van der Waals surface area contributed by atoms with Gasteiger partial charge in [0.1, 0.15) is 5.75 Å². The van der Waals surface area contributed by atoms with Crippen molar-refractivity contribution >= 4 is 11.8 Å². The first-order valence-corrected chi connectivity index (χ1v) is 9.35. The SMILES string of the molecule is COc1ccc(CN2CCNC(=O)C2CC(=O)NCc2cnn(C)c2)cc1C. The van der Waals surface area contributed by atoms with Gasteiger partial charge in [0.15, 0.2) is 0 Å². The van der Waals surface area contributed by atoms with E-state index in [2.05, 4.69) is 26.7 Å². The average Bonchev–Trinajstić information content (AvgIpc) is 3.08. The molecule has 8 heteroatoms. The zero-order chi connectivity index (χ0) is 20.1. The number of piperazine rings is 1. The molecule has 1 fully saturated rings. The molecule has 0 saturated carbocycles. The first-order valence-electron chi connectivity index (χ1n) is 9.35. The van der Waals surface area contributed by atoms with Gasteiger partial charge in [-0.25, -0.2) is 0 Å². The normalized spacial score (nSPS) is 17.2. The van der Waals surface area contributed by atoms with Gasteiger partial charge in [0.25, 0.3) is 0 Å². The summed E-state index contributed by atoms with van der Waals surface area (Å²) in [6.07, 6.45) is 3.69. The van der Waals surface area contributed by atoms with Crippen LogP contribution in [0, 0.1) is 6.92 Å². The van der Waals surface area contributed by atoms with E-state index in [1.165, 1.54) is 0 Å². The van der Waals surface area contributed by atoms with Crippen LogP contribution in [-0.4, -0.2) is 52.7 Å². The number of nitrogens with one attached hydrogen (secondary N) is 2. The third kappa shape index (κ3) is 4.89. The molecule has 1 aliphatic heterocycles. The Morgan fingerprint density at radius 2 is 2.21 bits per heavy atom. The minimum atomic E-state index is -0.481. The van der Waals surface area contributed by atoms with Gasteiger partial charge in [-0.1, -0.05) is 12.1 Å². The van der Waals surface area contributed by atoms with Gasteiger partial charge in [0, 0.05) is 45.0 Å². The number of nitrogens with zero attached hydrogens (tertiary/aromatic N) is 3. The van der Waals surface area contributed by atoms with Crippen LogP contribution in [0.3, 0.4) is 0 Å². The van der Waals surface area contributed by atoms with Gasteiger partial charge >= 0.3 is 0 Å². The summed E-state index contributed by atoms with van der Waals surface area (Å²) in [6, 6.07) is 5.51. The van der Waals surface area contributed by atoms with E-state index < -0.39 is 6.04 Å². The molecule has 0 radical (unpaired) electrons. The molecular weight excluding hydrogens is 358 g/mol. The number of aryl methyl sites for hydroxylation is 2. The Labute approximate surface area is 164 Å². The number of methoxy groups -OCH3 is 1. The molecule has 1 saturated heterocycles. The summed E-state index contributed by atoms with van der Waals surface area (Å²) in [5.41, 5.74) is 3.07. The Kier molecular flexibility index (Phi) is 6.30. The topological polar surface area (TPSA) is 88.5 Å². The van der Waals surface area contributed by atoms with E-state index >= 15 is 0 Å². The van der Waals surface area contributed by atoms with E-state index in [0.29, 0.717) is 26.2 Å². The molecule has 150 valence electrons. The van der Waals surface area contributed by atoms with Crippen molar-refractivity contribution in [3.63, 3.8) is 0 Å². The molecule has 2 N–H and O–H groups in total. The van der Waals surface area contributed by atoms with E-state index in [1.54, 1.807) is 18.0 Å². The number of hydrogen-bond donors (Lipinski definition) is 2.